The van der Waals surface area contributed by atoms with Crippen molar-refractivity contribution in [2.45, 2.75) is 6.92 Å². The van der Waals surface area contributed by atoms with Gasteiger partial charge in [0.2, 0.25) is 5.91 Å². The molecule has 0 saturated carbocycles. The number of carbonyl (C=O) groups is 2. The molecule has 120 valence electrons. The first kappa shape index (κ1) is 17.6. The molecule has 0 aliphatic carbocycles. The largest absolute Gasteiger partial charge is 0.484 e. The van der Waals surface area contributed by atoms with Crippen molar-refractivity contribution in [1.29, 1.82) is 0 Å². The molecule has 0 saturated heterocycles. The second-order valence-electron chi connectivity index (χ2n) is 4.67. The van der Waals surface area contributed by atoms with Gasteiger partial charge in [0.15, 0.2) is 12.4 Å². The number of ketones is 1. The predicted octanol–water partition coefficient (Wildman–Crippen LogP) is 4.87. The Bertz CT molecular complexity index is 745. The average Bonchev–Trinajstić information content (AvgIpc) is 2.49. The van der Waals surface area contributed by atoms with Crippen LogP contribution < -0.4 is 10.1 Å². The first-order valence-corrected chi connectivity index (χ1v) is 7.68. The number of amides is 1. The highest BCUT2D eigenvalue weighted by atomic mass is 35.5. The van der Waals surface area contributed by atoms with Crippen LogP contribution in [0.4, 0.5) is 5.69 Å². The van der Waals surface area contributed by atoms with Crippen LogP contribution in [0.1, 0.15) is 17.3 Å². The van der Waals surface area contributed by atoms with E-state index in [0.29, 0.717) is 16.3 Å². The van der Waals surface area contributed by atoms with Crippen LogP contribution in [0.15, 0.2) is 36.4 Å². The Morgan fingerprint density at radius 3 is 2.22 bits per heavy atom. The lowest BCUT2D eigenvalue weighted by Crippen LogP contribution is -2.12. The van der Waals surface area contributed by atoms with Crippen LogP contribution in [0.3, 0.4) is 0 Å². The first-order valence-electron chi connectivity index (χ1n) is 6.55. The van der Waals surface area contributed by atoms with Crippen molar-refractivity contribution in [3.8, 4) is 5.75 Å². The zero-order valence-electron chi connectivity index (χ0n) is 12.0. The molecule has 0 bridgehead atoms. The summed E-state index contributed by atoms with van der Waals surface area (Å²) < 4.78 is 5.39. The molecule has 0 aliphatic rings. The van der Waals surface area contributed by atoms with Crippen molar-refractivity contribution in [2.75, 3.05) is 11.9 Å². The molecule has 2 aromatic rings. The lowest BCUT2D eigenvalue weighted by molar-refractivity contribution is -0.114. The number of carbonyl (C=O) groups excluding carboxylic acids is 2. The number of hydrogen-bond donors (Lipinski definition) is 1. The summed E-state index contributed by atoms with van der Waals surface area (Å²) in [5.41, 5.74) is 1.07. The highest BCUT2D eigenvalue weighted by Crippen LogP contribution is 2.33. The number of anilines is 1. The lowest BCUT2D eigenvalue weighted by Gasteiger charge is -2.09. The molecule has 1 amide bonds. The van der Waals surface area contributed by atoms with Crippen molar-refractivity contribution in [3.05, 3.63) is 57.0 Å². The van der Waals surface area contributed by atoms with Gasteiger partial charge in [0, 0.05) is 24.2 Å². The van der Waals surface area contributed by atoms with Gasteiger partial charge in [-0.15, -0.1) is 0 Å². The van der Waals surface area contributed by atoms with Crippen LogP contribution in [-0.4, -0.2) is 18.3 Å². The molecule has 23 heavy (non-hydrogen) atoms. The first-order chi connectivity index (χ1) is 10.9. The molecule has 0 aliphatic heterocycles. The Balaban J connectivity index is 2.02. The normalized spacial score (nSPS) is 10.3. The van der Waals surface area contributed by atoms with Crippen LogP contribution in [0, 0.1) is 0 Å². The summed E-state index contributed by atoms with van der Waals surface area (Å²) in [5, 5.41) is 3.49. The van der Waals surface area contributed by atoms with Gasteiger partial charge < -0.3 is 10.1 Å². The number of benzene rings is 2. The Morgan fingerprint density at radius 1 is 1.00 bits per heavy atom. The number of rotatable bonds is 5. The van der Waals surface area contributed by atoms with Crippen molar-refractivity contribution in [1.82, 2.24) is 0 Å². The standard InChI is InChI=1S/C16H12Cl3NO3/c1-9(21)20-11-4-2-10(3-5-11)15(22)8-23-16-7-13(18)12(17)6-14(16)19/h2-7H,8H2,1H3,(H,20,21). The van der Waals surface area contributed by atoms with Gasteiger partial charge in [0.1, 0.15) is 5.75 Å². The second kappa shape index (κ2) is 7.68. The molecule has 0 aromatic heterocycles. The van der Waals surface area contributed by atoms with Gasteiger partial charge in [0.25, 0.3) is 0 Å². The molecule has 0 spiro atoms. The summed E-state index contributed by atoms with van der Waals surface area (Å²) in [4.78, 5) is 23.0. The summed E-state index contributed by atoms with van der Waals surface area (Å²) in [6, 6.07) is 9.40. The van der Waals surface area contributed by atoms with Crippen molar-refractivity contribution in [2.24, 2.45) is 0 Å². The Labute approximate surface area is 148 Å². The fraction of sp³-hybridized carbons (Fsp3) is 0.125. The van der Waals surface area contributed by atoms with E-state index >= 15 is 0 Å². The highest BCUT2D eigenvalue weighted by molar-refractivity contribution is 6.43. The van der Waals surface area contributed by atoms with Crippen molar-refractivity contribution in [3.63, 3.8) is 0 Å². The van der Waals surface area contributed by atoms with E-state index in [9.17, 15) is 9.59 Å². The lowest BCUT2D eigenvalue weighted by atomic mass is 10.1. The highest BCUT2D eigenvalue weighted by Gasteiger charge is 2.11. The molecule has 1 N–H and O–H groups in total. The monoisotopic (exact) mass is 371 g/mol. The zero-order valence-corrected chi connectivity index (χ0v) is 14.3. The summed E-state index contributed by atoms with van der Waals surface area (Å²) >= 11 is 17.7. The van der Waals surface area contributed by atoms with E-state index in [1.54, 1.807) is 24.3 Å². The topological polar surface area (TPSA) is 55.4 Å². The van der Waals surface area contributed by atoms with E-state index in [4.69, 9.17) is 39.5 Å². The van der Waals surface area contributed by atoms with Gasteiger partial charge in [-0.1, -0.05) is 34.8 Å². The summed E-state index contributed by atoms with van der Waals surface area (Å²) in [7, 11) is 0. The fourth-order valence-electron chi connectivity index (χ4n) is 1.78. The molecule has 0 heterocycles. The number of ether oxygens (including phenoxy) is 1. The molecule has 2 rings (SSSR count). The van der Waals surface area contributed by atoms with Crippen LogP contribution in [0.25, 0.3) is 0 Å². The molecular weight excluding hydrogens is 361 g/mol. The smallest absolute Gasteiger partial charge is 0.221 e. The van der Waals surface area contributed by atoms with Gasteiger partial charge in [-0.2, -0.15) is 0 Å². The van der Waals surface area contributed by atoms with Gasteiger partial charge in [-0.3, -0.25) is 9.59 Å². The van der Waals surface area contributed by atoms with E-state index < -0.39 is 0 Å². The minimum absolute atomic E-state index is 0.179. The fourth-order valence-corrected chi connectivity index (χ4v) is 2.38. The second-order valence-corrected chi connectivity index (χ2v) is 5.89. The van der Waals surface area contributed by atoms with E-state index in [2.05, 4.69) is 5.32 Å². The van der Waals surface area contributed by atoms with Crippen molar-refractivity contribution >= 4 is 52.2 Å². The SMILES string of the molecule is CC(=O)Nc1ccc(C(=O)COc2cc(Cl)c(Cl)cc2Cl)cc1. The quantitative estimate of drug-likeness (QED) is 0.602. The third-order valence-electron chi connectivity index (χ3n) is 2.86. The maximum absolute atomic E-state index is 12.1. The molecule has 0 fully saturated rings. The molecule has 0 unspecified atom stereocenters. The van der Waals surface area contributed by atoms with Gasteiger partial charge >= 0.3 is 0 Å². The summed E-state index contributed by atoms with van der Waals surface area (Å²) in [6.07, 6.45) is 0. The third kappa shape index (κ3) is 4.86. The maximum atomic E-state index is 12.1. The number of hydrogen-bond acceptors (Lipinski definition) is 3. The third-order valence-corrected chi connectivity index (χ3v) is 3.88. The molecule has 7 heteroatoms. The summed E-state index contributed by atoms with van der Waals surface area (Å²) in [6.45, 7) is 1.21. The molecule has 0 radical (unpaired) electrons. The van der Waals surface area contributed by atoms with E-state index in [-0.39, 0.29) is 34.1 Å². The van der Waals surface area contributed by atoms with E-state index in [1.807, 2.05) is 0 Å². The minimum Gasteiger partial charge on any atom is -0.484 e. The Kier molecular flexibility index (Phi) is 5.88. The molecule has 0 atom stereocenters. The van der Waals surface area contributed by atoms with Gasteiger partial charge in [0.05, 0.1) is 15.1 Å². The van der Waals surface area contributed by atoms with E-state index in [0.717, 1.165) is 0 Å². The maximum Gasteiger partial charge on any atom is 0.221 e. The van der Waals surface area contributed by atoms with Crippen molar-refractivity contribution < 1.29 is 14.3 Å². The van der Waals surface area contributed by atoms with Crippen LogP contribution >= 0.6 is 34.8 Å². The minimum atomic E-state index is -0.235. The summed E-state index contributed by atoms with van der Waals surface area (Å²) in [5.74, 6) is -0.132. The average molecular weight is 373 g/mol. The number of nitrogens with one attached hydrogen (secondary N) is 1. The van der Waals surface area contributed by atoms with Crippen LogP contribution in [0.5, 0.6) is 5.75 Å². The van der Waals surface area contributed by atoms with Crippen LogP contribution in [-0.2, 0) is 4.79 Å². The number of halogens is 3. The van der Waals surface area contributed by atoms with E-state index in [1.165, 1.54) is 19.1 Å². The Morgan fingerprint density at radius 2 is 1.61 bits per heavy atom. The Hall–Kier alpha value is -1.75. The van der Waals surface area contributed by atoms with Gasteiger partial charge in [-0.05, 0) is 30.3 Å². The van der Waals surface area contributed by atoms with Gasteiger partial charge in [-0.25, -0.2) is 0 Å². The molecular formula is C16H12Cl3NO3. The zero-order chi connectivity index (χ0) is 17.0. The predicted molar refractivity (Wildman–Crippen MR) is 92.0 cm³/mol. The van der Waals surface area contributed by atoms with Crippen LogP contribution in [0.2, 0.25) is 15.1 Å². The number of Topliss-reactive ketones (excluding diaryl/α,β-unsaturated/α-hetero) is 1. The molecule has 2 aromatic carbocycles. The molecule has 4 nitrogen and oxygen atoms in total.